The SMILES string of the molecule is CCCC(C)(I)C1=CC(C)CC=C1O. The third-order valence-corrected chi connectivity index (χ3v) is 3.81. The quantitative estimate of drug-likeness (QED) is 0.606. The first-order valence-corrected chi connectivity index (χ1v) is 6.36. The van der Waals surface area contributed by atoms with E-state index < -0.39 is 0 Å². The van der Waals surface area contributed by atoms with Gasteiger partial charge in [-0.15, -0.1) is 0 Å². The van der Waals surface area contributed by atoms with Crippen molar-refractivity contribution in [2.75, 3.05) is 0 Å². The number of aliphatic hydroxyl groups excluding tert-OH is 1. The summed E-state index contributed by atoms with van der Waals surface area (Å²) in [7, 11) is 0. The van der Waals surface area contributed by atoms with E-state index in [0.29, 0.717) is 11.7 Å². The summed E-state index contributed by atoms with van der Waals surface area (Å²) in [5.41, 5.74) is 1.12. The van der Waals surface area contributed by atoms with Gasteiger partial charge < -0.3 is 5.11 Å². The van der Waals surface area contributed by atoms with Gasteiger partial charge in [-0.3, -0.25) is 0 Å². The van der Waals surface area contributed by atoms with Crippen molar-refractivity contribution in [2.45, 2.75) is 43.5 Å². The lowest BCUT2D eigenvalue weighted by Crippen LogP contribution is -2.22. The minimum Gasteiger partial charge on any atom is -0.508 e. The van der Waals surface area contributed by atoms with E-state index in [1.54, 1.807) is 0 Å². The van der Waals surface area contributed by atoms with Crippen LogP contribution in [0.25, 0.3) is 0 Å². The van der Waals surface area contributed by atoms with Gasteiger partial charge in [-0.1, -0.05) is 48.9 Å². The number of hydrogen-bond donors (Lipinski definition) is 1. The number of allylic oxidation sites excluding steroid dienone is 3. The molecular formula is C12H19IO. The summed E-state index contributed by atoms with van der Waals surface area (Å²) < 4.78 is 0.0851. The average Bonchev–Trinajstić information content (AvgIpc) is 2.09. The van der Waals surface area contributed by atoms with Crippen LogP contribution >= 0.6 is 22.6 Å². The van der Waals surface area contributed by atoms with E-state index in [1.165, 1.54) is 0 Å². The maximum Gasteiger partial charge on any atom is 0.115 e. The maximum absolute atomic E-state index is 9.84. The first-order valence-electron chi connectivity index (χ1n) is 5.28. The molecule has 1 aliphatic rings. The summed E-state index contributed by atoms with van der Waals surface area (Å²) in [4.78, 5) is 0. The molecule has 0 aromatic rings. The largest absolute Gasteiger partial charge is 0.508 e. The highest BCUT2D eigenvalue weighted by Crippen LogP contribution is 2.39. The van der Waals surface area contributed by atoms with Gasteiger partial charge in [0.2, 0.25) is 0 Å². The van der Waals surface area contributed by atoms with Gasteiger partial charge in [0.25, 0.3) is 0 Å². The second-order valence-electron chi connectivity index (χ2n) is 4.33. The van der Waals surface area contributed by atoms with Crippen molar-refractivity contribution in [3.05, 3.63) is 23.5 Å². The first kappa shape index (κ1) is 12.1. The Hall–Kier alpha value is 0.01000. The topological polar surface area (TPSA) is 20.2 Å². The summed E-state index contributed by atoms with van der Waals surface area (Å²) >= 11 is 2.45. The molecule has 14 heavy (non-hydrogen) atoms. The van der Waals surface area contributed by atoms with E-state index in [0.717, 1.165) is 24.8 Å². The number of hydrogen-bond acceptors (Lipinski definition) is 1. The Balaban J connectivity index is 2.89. The summed E-state index contributed by atoms with van der Waals surface area (Å²) in [6.45, 7) is 6.58. The van der Waals surface area contributed by atoms with Crippen molar-refractivity contribution in [2.24, 2.45) is 5.92 Å². The van der Waals surface area contributed by atoms with Crippen molar-refractivity contribution in [1.29, 1.82) is 0 Å². The molecule has 2 heteroatoms. The summed E-state index contributed by atoms with van der Waals surface area (Å²) in [6.07, 6.45) is 7.40. The van der Waals surface area contributed by atoms with Gasteiger partial charge in [0, 0.05) is 8.99 Å². The normalized spacial score (nSPS) is 26.4. The molecule has 2 atom stereocenters. The van der Waals surface area contributed by atoms with E-state index in [4.69, 9.17) is 0 Å². The van der Waals surface area contributed by atoms with Crippen molar-refractivity contribution < 1.29 is 5.11 Å². The van der Waals surface area contributed by atoms with Crippen LogP contribution < -0.4 is 0 Å². The summed E-state index contributed by atoms with van der Waals surface area (Å²) in [6, 6.07) is 0. The predicted molar refractivity (Wildman–Crippen MR) is 69.9 cm³/mol. The standard InChI is InChI=1S/C12H19IO/c1-4-7-12(3,13)10-8-9(2)5-6-11(10)14/h6,8-9,14H,4-5,7H2,1-3H3. The average molecular weight is 306 g/mol. The minimum atomic E-state index is 0.0851. The Morgan fingerprint density at radius 3 is 2.86 bits per heavy atom. The molecule has 2 unspecified atom stereocenters. The first-order chi connectivity index (χ1) is 6.47. The molecule has 0 saturated heterocycles. The Labute approximate surface area is 100 Å². The molecule has 0 fully saturated rings. The molecule has 0 saturated carbocycles. The van der Waals surface area contributed by atoms with E-state index in [-0.39, 0.29) is 3.42 Å². The fourth-order valence-corrected chi connectivity index (χ4v) is 2.89. The zero-order valence-electron chi connectivity index (χ0n) is 9.18. The van der Waals surface area contributed by atoms with Crippen LogP contribution in [0.1, 0.15) is 40.0 Å². The second kappa shape index (κ2) is 4.69. The Morgan fingerprint density at radius 2 is 2.29 bits per heavy atom. The van der Waals surface area contributed by atoms with Gasteiger partial charge in [-0.05, 0) is 31.8 Å². The molecule has 0 radical (unpaired) electrons. The van der Waals surface area contributed by atoms with E-state index >= 15 is 0 Å². The molecule has 0 aliphatic heterocycles. The van der Waals surface area contributed by atoms with Crippen molar-refractivity contribution >= 4 is 22.6 Å². The molecule has 1 N–H and O–H groups in total. The fraction of sp³-hybridized carbons (Fsp3) is 0.667. The van der Waals surface area contributed by atoms with Gasteiger partial charge in [0.1, 0.15) is 5.76 Å². The van der Waals surface area contributed by atoms with E-state index in [1.807, 2.05) is 6.08 Å². The minimum absolute atomic E-state index is 0.0851. The van der Waals surface area contributed by atoms with E-state index in [9.17, 15) is 5.11 Å². The van der Waals surface area contributed by atoms with Crippen LogP contribution in [-0.2, 0) is 0 Å². The molecule has 0 aromatic carbocycles. The number of aliphatic hydroxyl groups is 1. The summed E-state index contributed by atoms with van der Waals surface area (Å²) in [5.74, 6) is 1.06. The maximum atomic E-state index is 9.84. The highest BCUT2D eigenvalue weighted by Gasteiger charge is 2.29. The molecule has 80 valence electrons. The van der Waals surface area contributed by atoms with Gasteiger partial charge >= 0.3 is 0 Å². The second-order valence-corrected chi connectivity index (χ2v) is 6.71. The predicted octanol–water partition coefficient (Wildman–Crippen LogP) is 4.39. The van der Waals surface area contributed by atoms with Crippen LogP contribution in [0.2, 0.25) is 0 Å². The molecule has 1 aliphatic carbocycles. The zero-order valence-corrected chi connectivity index (χ0v) is 11.3. The molecule has 1 rings (SSSR count). The third kappa shape index (κ3) is 2.75. The lowest BCUT2D eigenvalue weighted by molar-refractivity contribution is 0.399. The highest BCUT2D eigenvalue weighted by molar-refractivity contribution is 14.1. The van der Waals surface area contributed by atoms with Crippen molar-refractivity contribution in [1.82, 2.24) is 0 Å². The monoisotopic (exact) mass is 306 g/mol. The van der Waals surface area contributed by atoms with Crippen LogP contribution in [0, 0.1) is 5.92 Å². The van der Waals surface area contributed by atoms with E-state index in [2.05, 4.69) is 49.4 Å². The van der Waals surface area contributed by atoms with Crippen molar-refractivity contribution in [3.63, 3.8) is 0 Å². The van der Waals surface area contributed by atoms with Crippen LogP contribution in [0.4, 0.5) is 0 Å². The fourth-order valence-electron chi connectivity index (χ4n) is 1.89. The molecule has 0 bridgehead atoms. The smallest absolute Gasteiger partial charge is 0.115 e. The molecule has 0 heterocycles. The third-order valence-electron chi connectivity index (χ3n) is 2.69. The number of alkyl halides is 1. The lowest BCUT2D eigenvalue weighted by atomic mass is 9.87. The van der Waals surface area contributed by atoms with Gasteiger partial charge in [0.15, 0.2) is 0 Å². The van der Waals surface area contributed by atoms with Gasteiger partial charge in [-0.25, -0.2) is 0 Å². The molecule has 0 spiro atoms. The Bertz CT molecular complexity index is 263. The zero-order chi connectivity index (χ0) is 10.8. The summed E-state index contributed by atoms with van der Waals surface area (Å²) in [5, 5.41) is 9.84. The highest BCUT2D eigenvalue weighted by atomic mass is 127. The molecule has 0 aromatic heterocycles. The lowest BCUT2D eigenvalue weighted by Gasteiger charge is -2.28. The molecule has 1 nitrogen and oxygen atoms in total. The van der Waals surface area contributed by atoms with Crippen LogP contribution in [-0.4, -0.2) is 8.53 Å². The van der Waals surface area contributed by atoms with Gasteiger partial charge in [-0.2, -0.15) is 0 Å². The van der Waals surface area contributed by atoms with Crippen LogP contribution in [0.5, 0.6) is 0 Å². The van der Waals surface area contributed by atoms with Crippen molar-refractivity contribution in [3.8, 4) is 0 Å². The molecular weight excluding hydrogens is 287 g/mol. The van der Waals surface area contributed by atoms with Crippen LogP contribution in [0.15, 0.2) is 23.5 Å². The molecule has 0 amide bonds. The Kier molecular flexibility index (Phi) is 4.04. The Morgan fingerprint density at radius 1 is 1.64 bits per heavy atom. The number of rotatable bonds is 3. The van der Waals surface area contributed by atoms with Gasteiger partial charge in [0.05, 0.1) is 0 Å². The number of halogens is 1. The van der Waals surface area contributed by atoms with Crippen LogP contribution in [0.3, 0.4) is 0 Å².